The predicted octanol–water partition coefficient (Wildman–Crippen LogP) is 2.38. The molecule has 0 aliphatic rings. The third-order valence-electron chi connectivity index (χ3n) is 3.46. The Balaban J connectivity index is 2.54. The Morgan fingerprint density at radius 3 is 2.50 bits per heavy atom. The molecule has 7 heteroatoms. The fourth-order valence-electron chi connectivity index (χ4n) is 2.50. The number of ether oxygens (including phenoxy) is 2. The lowest BCUT2D eigenvalue weighted by Crippen LogP contribution is -2.23. The van der Waals surface area contributed by atoms with Crippen molar-refractivity contribution >= 4 is 0 Å². The van der Waals surface area contributed by atoms with Crippen molar-refractivity contribution in [3.63, 3.8) is 0 Å². The van der Waals surface area contributed by atoms with Gasteiger partial charge in [-0.05, 0) is 32.0 Å². The summed E-state index contributed by atoms with van der Waals surface area (Å²) in [7, 11) is 3.09. The number of benzene rings is 1. The molecule has 2 aromatic rings. The van der Waals surface area contributed by atoms with E-state index in [2.05, 4.69) is 5.10 Å². The molecule has 1 aromatic carbocycles. The van der Waals surface area contributed by atoms with Crippen LogP contribution in [-0.2, 0) is 0 Å². The summed E-state index contributed by atoms with van der Waals surface area (Å²) in [5.74, 6) is 1.17. The summed E-state index contributed by atoms with van der Waals surface area (Å²) in [6.07, 6.45) is 0. The summed E-state index contributed by atoms with van der Waals surface area (Å²) in [5, 5.41) is 15.5. The smallest absolute Gasteiger partial charge is 0.230 e. The van der Waals surface area contributed by atoms with Gasteiger partial charge in [-0.15, -0.1) is 0 Å². The molecule has 0 radical (unpaired) electrons. The summed E-state index contributed by atoms with van der Waals surface area (Å²) in [4.78, 5) is 10.8. The quantitative estimate of drug-likeness (QED) is 0.604. The van der Waals surface area contributed by atoms with Gasteiger partial charge in [-0.2, -0.15) is 5.10 Å². The molecule has 2 rings (SSSR count). The van der Waals surface area contributed by atoms with Crippen molar-refractivity contribution in [3.05, 3.63) is 51.3 Å². The zero-order valence-corrected chi connectivity index (χ0v) is 13.1. The van der Waals surface area contributed by atoms with Gasteiger partial charge >= 0.3 is 0 Å². The Hall–Kier alpha value is -2.57. The number of rotatable bonds is 6. The van der Waals surface area contributed by atoms with E-state index in [4.69, 9.17) is 9.47 Å². The van der Waals surface area contributed by atoms with Crippen LogP contribution in [0.5, 0.6) is 11.5 Å². The van der Waals surface area contributed by atoms with Crippen LogP contribution in [0.3, 0.4) is 0 Å². The summed E-state index contributed by atoms with van der Waals surface area (Å²) in [6, 6.07) is 6.61. The molecule has 7 nitrogen and oxygen atoms in total. The normalized spacial score (nSPS) is 12.0. The van der Waals surface area contributed by atoms with E-state index < -0.39 is 6.04 Å². The van der Waals surface area contributed by atoms with E-state index >= 15 is 0 Å². The Morgan fingerprint density at radius 2 is 2.00 bits per heavy atom. The van der Waals surface area contributed by atoms with E-state index in [0.29, 0.717) is 17.1 Å². The third kappa shape index (κ3) is 3.19. The fraction of sp³-hybridized carbons (Fsp3) is 0.400. The molecule has 0 spiro atoms. The van der Waals surface area contributed by atoms with Crippen molar-refractivity contribution < 1.29 is 14.4 Å². The van der Waals surface area contributed by atoms with Gasteiger partial charge in [0.25, 0.3) is 0 Å². The monoisotopic (exact) mass is 305 g/mol. The van der Waals surface area contributed by atoms with Crippen LogP contribution < -0.4 is 9.47 Å². The van der Waals surface area contributed by atoms with E-state index in [1.54, 1.807) is 30.0 Å². The fourth-order valence-corrected chi connectivity index (χ4v) is 2.50. The SMILES string of the molecule is COc1ccc([C@H](C[N+](=O)[O-])n2nc(C)cc2C)c(OC)c1. The second kappa shape index (κ2) is 6.46. The van der Waals surface area contributed by atoms with Crippen LogP contribution in [0.2, 0.25) is 0 Å². The van der Waals surface area contributed by atoms with Crippen LogP contribution in [0, 0.1) is 24.0 Å². The Kier molecular flexibility index (Phi) is 4.65. The highest BCUT2D eigenvalue weighted by Crippen LogP contribution is 2.32. The first-order chi connectivity index (χ1) is 10.5. The minimum atomic E-state index is -0.537. The molecular weight excluding hydrogens is 286 g/mol. The highest BCUT2D eigenvalue weighted by molar-refractivity contribution is 5.43. The van der Waals surface area contributed by atoms with Gasteiger partial charge in [0.1, 0.15) is 17.5 Å². The Bertz CT molecular complexity index is 681. The number of nitro groups is 1. The standard InChI is InChI=1S/C15H19N3O4/c1-10-7-11(2)18(16-10)14(9-17(19)20)13-6-5-12(21-3)8-15(13)22-4/h5-8,14H,9H2,1-4H3/t14-/m0/s1. The summed E-state index contributed by atoms with van der Waals surface area (Å²) in [5.41, 5.74) is 2.38. The van der Waals surface area contributed by atoms with Gasteiger partial charge in [0.05, 0.1) is 19.9 Å². The minimum absolute atomic E-state index is 0.273. The van der Waals surface area contributed by atoms with E-state index in [0.717, 1.165) is 11.4 Å². The number of nitrogens with zero attached hydrogens (tertiary/aromatic N) is 3. The lowest BCUT2D eigenvalue weighted by atomic mass is 10.1. The van der Waals surface area contributed by atoms with Crippen LogP contribution >= 0.6 is 0 Å². The van der Waals surface area contributed by atoms with E-state index in [-0.39, 0.29) is 11.5 Å². The third-order valence-corrected chi connectivity index (χ3v) is 3.46. The average molecular weight is 305 g/mol. The van der Waals surface area contributed by atoms with Gasteiger partial charge in [-0.3, -0.25) is 14.8 Å². The summed E-state index contributed by atoms with van der Waals surface area (Å²) >= 11 is 0. The van der Waals surface area contributed by atoms with Gasteiger partial charge in [-0.1, -0.05) is 0 Å². The molecule has 0 fully saturated rings. The largest absolute Gasteiger partial charge is 0.497 e. The van der Waals surface area contributed by atoms with Crippen LogP contribution in [0.4, 0.5) is 0 Å². The van der Waals surface area contributed by atoms with Crippen LogP contribution in [0.15, 0.2) is 24.3 Å². The average Bonchev–Trinajstić information content (AvgIpc) is 2.82. The van der Waals surface area contributed by atoms with Gasteiger partial charge in [0.2, 0.25) is 6.54 Å². The maximum absolute atomic E-state index is 11.1. The Morgan fingerprint density at radius 1 is 1.27 bits per heavy atom. The maximum atomic E-state index is 11.1. The number of aryl methyl sites for hydroxylation is 2. The van der Waals surface area contributed by atoms with Crippen molar-refractivity contribution in [1.29, 1.82) is 0 Å². The Labute approximate surface area is 128 Å². The molecule has 0 aliphatic heterocycles. The molecule has 0 saturated heterocycles. The number of hydrogen-bond acceptors (Lipinski definition) is 5. The van der Waals surface area contributed by atoms with E-state index in [9.17, 15) is 10.1 Å². The first kappa shape index (κ1) is 15.8. The summed E-state index contributed by atoms with van der Waals surface area (Å²) < 4.78 is 12.2. The molecule has 0 unspecified atom stereocenters. The lowest BCUT2D eigenvalue weighted by Gasteiger charge is -2.19. The molecule has 1 heterocycles. The zero-order chi connectivity index (χ0) is 16.3. The number of methoxy groups -OCH3 is 2. The van der Waals surface area contributed by atoms with E-state index in [1.807, 2.05) is 19.9 Å². The molecular formula is C15H19N3O4. The van der Waals surface area contributed by atoms with E-state index in [1.165, 1.54) is 7.11 Å². The second-order valence-electron chi connectivity index (χ2n) is 5.01. The molecule has 0 bridgehead atoms. The predicted molar refractivity (Wildman–Crippen MR) is 81.2 cm³/mol. The van der Waals surface area contributed by atoms with Crippen molar-refractivity contribution in [2.75, 3.05) is 20.8 Å². The number of aromatic nitrogens is 2. The molecule has 1 atom stereocenters. The van der Waals surface area contributed by atoms with Gasteiger partial charge in [-0.25, -0.2) is 0 Å². The number of hydrogen-bond donors (Lipinski definition) is 0. The van der Waals surface area contributed by atoms with Crippen LogP contribution in [0.25, 0.3) is 0 Å². The molecule has 0 N–H and O–H groups in total. The van der Waals surface area contributed by atoms with Gasteiger partial charge < -0.3 is 9.47 Å². The molecule has 22 heavy (non-hydrogen) atoms. The highest BCUT2D eigenvalue weighted by atomic mass is 16.6. The van der Waals surface area contributed by atoms with Crippen LogP contribution in [0.1, 0.15) is 23.0 Å². The molecule has 118 valence electrons. The first-order valence-corrected chi connectivity index (χ1v) is 6.82. The maximum Gasteiger partial charge on any atom is 0.230 e. The topological polar surface area (TPSA) is 79.4 Å². The first-order valence-electron chi connectivity index (χ1n) is 6.82. The minimum Gasteiger partial charge on any atom is -0.497 e. The molecule has 0 aliphatic carbocycles. The molecule has 0 saturated carbocycles. The van der Waals surface area contributed by atoms with Crippen molar-refractivity contribution in [2.24, 2.45) is 0 Å². The van der Waals surface area contributed by atoms with Crippen molar-refractivity contribution in [3.8, 4) is 11.5 Å². The van der Waals surface area contributed by atoms with Crippen molar-refractivity contribution in [2.45, 2.75) is 19.9 Å². The molecule has 1 aromatic heterocycles. The highest BCUT2D eigenvalue weighted by Gasteiger charge is 2.26. The molecule has 0 amide bonds. The lowest BCUT2D eigenvalue weighted by molar-refractivity contribution is -0.484. The summed E-state index contributed by atoms with van der Waals surface area (Å²) in [6.45, 7) is 3.46. The van der Waals surface area contributed by atoms with Gasteiger partial charge in [0, 0.05) is 22.2 Å². The second-order valence-corrected chi connectivity index (χ2v) is 5.01. The van der Waals surface area contributed by atoms with Gasteiger partial charge in [0.15, 0.2) is 0 Å². The van der Waals surface area contributed by atoms with Crippen LogP contribution in [-0.4, -0.2) is 35.5 Å². The van der Waals surface area contributed by atoms with Crippen molar-refractivity contribution in [1.82, 2.24) is 9.78 Å². The zero-order valence-electron chi connectivity index (χ0n) is 13.1.